The zero-order valence-corrected chi connectivity index (χ0v) is 13.2. The molecule has 0 amide bonds. The third-order valence-corrected chi connectivity index (χ3v) is 7.41. The van der Waals surface area contributed by atoms with Gasteiger partial charge in [-0.15, -0.1) is 0 Å². The summed E-state index contributed by atoms with van der Waals surface area (Å²) in [4.78, 5) is 0. The van der Waals surface area contributed by atoms with Crippen LogP contribution < -0.4 is 0 Å². The number of hydrogen-bond donors (Lipinski definition) is 0. The summed E-state index contributed by atoms with van der Waals surface area (Å²) in [6.45, 7) is 7.19. The molecule has 0 atom stereocenters. The van der Waals surface area contributed by atoms with Gasteiger partial charge in [0.15, 0.2) is 0 Å². The molecule has 0 N–H and O–H groups in total. The van der Waals surface area contributed by atoms with E-state index in [0.717, 1.165) is 6.04 Å². The van der Waals surface area contributed by atoms with Crippen molar-refractivity contribution in [2.45, 2.75) is 64.5 Å². The van der Waals surface area contributed by atoms with Gasteiger partial charge in [0.2, 0.25) is 0 Å². The predicted octanol–water partition coefficient (Wildman–Crippen LogP) is 0.784. The van der Waals surface area contributed by atoms with Gasteiger partial charge < -0.3 is 4.57 Å². The minimum atomic E-state index is 0.151. The minimum Gasteiger partial charge on any atom is -0.325 e. The van der Waals surface area contributed by atoms with Gasteiger partial charge in [0.25, 0.3) is 0 Å². The van der Waals surface area contributed by atoms with Gasteiger partial charge in [0.05, 0.1) is 9.20 Å². The molecule has 0 radical (unpaired) electrons. The SMILES string of the molecule is CC(C)(C)N([SiH2][SiH3])C1CCCCC1. The lowest BCUT2D eigenvalue weighted by Crippen LogP contribution is -2.51. The first-order valence-corrected chi connectivity index (χ1v) is 12.1. The van der Waals surface area contributed by atoms with Crippen molar-refractivity contribution in [3.05, 3.63) is 0 Å². The van der Waals surface area contributed by atoms with Crippen molar-refractivity contribution in [1.29, 1.82) is 0 Å². The third kappa shape index (κ3) is 3.22. The van der Waals surface area contributed by atoms with E-state index in [2.05, 4.69) is 25.3 Å². The molecular formula is C10H25NSi2. The Labute approximate surface area is 88.4 Å². The molecule has 0 aromatic carbocycles. The van der Waals surface area contributed by atoms with Crippen LogP contribution in [0.25, 0.3) is 0 Å². The zero-order valence-electron chi connectivity index (χ0n) is 9.77. The molecule has 0 spiro atoms. The highest BCUT2D eigenvalue weighted by atomic mass is 29.1. The van der Waals surface area contributed by atoms with Gasteiger partial charge >= 0.3 is 0 Å². The fraction of sp³-hybridized carbons (Fsp3) is 1.00. The smallest absolute Gasteiger partial charge is 0.0766 e. The number of hydrogen-bond acceptors (Lipinski definition) is 1. The van der Waals surface area contributed by atoms with Gasteiger partial charge in [-0.1, -0.05) is 19.3 Å². The van der Waals surface area contributed by atoms with Gasteiger partial charge in [-0.2, -0.15) is 0 Å². The fourth-order valence-electron chi connectivity index (χ4n) is 2.67. The average Bonchev–Trinajstić information content (AvgIpc) is 2.05. The molecule has 1 nitrogen and oxygen atoms in total. The lowest BCUT2D eigenvalue weighted by molar-refractivity contribution is 0.159. The van der Waals surface area contributed by atoms with Gasteiger partial charge in [-0.25, -0.2) is 0 Å². The predicted molar refractivity (Wildman–Crippen MR) is 66.9 cm³/mol. The van der Waals surface area contributed by atoms with Crippen LogP contribution in [0.1, 0.15) is 52.9 Å². The summed E-state index contributed by atoms with van der Waals surface area (Å²) < 4.78 is 2.87. The van der Waals surface area contributed by atoms with E-state index in [-0.39, 0.29) is 9.20 Å². The molecule has 1 aliphatic rings. The maximum absolute atomic E-state index is 2.87. The van der Waals surface area contributed by atoms with Crippen LogP contribution in [0.5, 0.6) is 0 Å². The molecule has 0 aromatic rings. The molecule has 0 heterocycles. The van der Waals surface area contributed by atoms with Crippen LogP contribution in [-0.4, -0.2) is 35.1 Å². The molecule has 0 unspecified atom stereocenters. The van der Waals surface area contributed by atoms with E-state index >= 15 is 0 Å². The summed E-state index contributed by atoms with van der Waals surface area (Å²) in [5.41, 5.74) is 0.454. The second-order valence-corrected chi connectivity index (χ2v) is 8.46. The van der Waals surface area contributed by atoms with E-state index in [1.165, 1.54) is 41.9 Å². The molecular weight excluding hydrogens is 190 g/mol. The van der Waals surface area contributed by atoms with Crippen molar-refractivity contribution in [2.24, 2.45) is 0 Å². The summed E-state index contributed by atoms with van der Waals surface area (Å²) in [6, 6.07) is 0.956. The second-order valence-electron chi connectivity index (χ2n) is 5.25. The van der Waals surface area contributed by atoms with E-state index in [0.29, 0.717) is 5.54 Å². The van der Waals surface area contributed by atoms with Crippen molar-refractivity contribution >= 4 is 19.0 Å². The Morgan fingerprint density at radius 3 is 2.08 bits per heavy atom. The van der Waals surface area contributed by atoms with E-state index in [4.69, 9.17) is 0 Å². The summed E-state index contributed by atoms with van der Waals surface area (Å²) in [5, 5.41) is 0. The molecule has 1 saturated carbocycles. The summed E-state index contributed by atoms with van der Waals surface area (Å²) in [7, 11) is 1.60. The molecule has 1 rings (SSSR count). The van der Waals surface area contributed by atoms with Crippen LogP contribution in [-0.2, 0) is 0 Å². The normalized spacial score (nSPS) is 22.2. The van der Waals surface area contributed by atoms with Crippen molar-refractivity contribution < 1.29 is 0 Å². The second kappa shape index (κ2) is 4.76. The van der Waals surface area contributed by atoms with E-state index in [1.54, 1.807) is 0 Å². The van der Waals surface area contributed by atoms with Crippen molar-refractivity contribution in [1.82, 2.24) is 4.57 Å². The molecule has 1 fully saturated rings. The van der Waals surface area contributed by atoms with Crippen molar-refractivity contribution in [3.8, 4) is 0 Å². The highest BCUT2D eigenvalue weighted by Gasteiger charge is 2.27. The number of rotatable bonds is 2. The lowest BCUT2D eigenvalue weighted by Gasteiger charge is -2.43. The Morgan fingerprint density at radius 2 is 1.69 bits per heavy atom. The topological polar surface area (TPSA) is 3.24 Å². The van der Waals surface area contributed by atoms with Crippen molar-refractivity contribution in [2.75, 3.05) is 0 Å². The Bertz CT molecular complexity index is 147. The molecule has 78 valence electrons. The molecule has 0 saturated heterocycles. The van der Waals surface area contributed by atoms with E-state index < -0.39 is 0 Å². The first kappa shape index (κ1) is 11.5. The van der Waals surface area contributed by atoms with Gasteiger partial charge in [0, 0.05) is 21.3 Å². The zero-order chi connectivity index (χ0) is 9.90. The number of nitrogens with zero attached hydrogens (tertiary/aromatic N) is 1. The summed E-state index contributed by atoms with van der Waals surface area (Å²) in [5.74, 6) is 0. The van der Waals surface area contributed by atoms with Crippen LogP contribution in [0.4, 0.5) is 0 Å². The molecule has 0 bridgehead atoms. The average molecular weight is 215 g/mol. The molecule has 13 heavy (non-hydrogen) atoms. The quantitative estimate of drug-likeness (QED) is 0.616. The maximum Gasteiger partial charge on any atom is 0.0766 e. The Morgan fingerprint density at radius 1 is 1.15 bits per heavy atom. The monoisotopic (exact) mass is 215 g/mol. The lowest BCUT2D eigenvalue weighted by atomic mass is 9.93. The van der Waals surface area contributed by atoms with Crippen molar-refractivity contribution in [3.63, 3.8) is 0 Å². The molecule has 0 aromatic heterocycles. The van der Waals surface area contributed by atoms with Gasteiger partial charge in [0.1, 0.15) is 0 Å². The van der Waals surface area contributed by atoms with Crippen LogP contribution in [0.3, 0.4) is 0 Å². The fourth-order valence-corrected chi connectivity index (χ4v) is 8.90. The Hall–Kier alpha value is 0.394. The summed E-state index contributed by atoms with van der Waals surface area (Å²) >= 11 is 0. The largest absolute Gasteiger partial charge is 0.325 e. The van der Waals surface area contributed by atoms with Crippen LogP contribution in [0.15, 0.2) is 0 Å². The summed E-state index contributed by atoms with van der Waals surface area (Å²) in [6.07, 6.45) is 7.40. The Balaban J connectivity index is 2.54. The van der Waals surface area contributed by atoms with Gasteiger partial charge in [-0.3, -0.25) is 0 Å². The van der Waals surface area contributed by atoms with Gasteiger partial charge in [-0.05, 0) is 33.6 Å². The van der Waals surface area contributed by atoms with Crippen LogP contribution in [0.2, 0.25) is 0 Å². The maximum atomic E-state index is 2.87. The molecule has 1 aliphatic carbocycles. The van der Waals surface area contributed by atoms with Crippen LogP contribution >= 0.6 is 0 Å². The molecule has 0 aliphatic heterocycles. The highest BCUT2D eigenvalue weighted by molar-refractivity contribution is 6.87. The minimum absolute atomic E-state index is 0.151. The highest BCUT2D eigenvalue weighted by Crippen LogP contribution is 2.26. The molecule has 3 heteroatoms. The first-order valence-electron chi connectivity index (χ1n) is 5.82. The van der Waals surface area contributed by atoms with E-state index in [9.17, 15) is 0 Å². The third-order valence-electron chi connectivity index (χ3n) is 3.22. The Kier molecular flexibility index (Phi) is 4.20. The van der Waals surface area contributed by atoms with E-state index in [1.807, 2.05) is 0 Å². The standard InChI is InChI=1S/C10H25NSi2/c1-10(2,3)11(13-12)9-7-5-4-6-8-9/h9H,4-8,13H2,1-3,12H3. The first-order chi connectivity index (χ1) is 6.05. The van der Waals surface area contributed by atoms with Crippen LogP contribution in [0, 0.1) is 0 Å².